The van der Waals surface area contributed by atoms with Crippen molar-refractivity contribution >= 4 is 5.91 Å². The molecule has 0 aliphatic heterocycles. The average molecular weight is 320 g/mol. The van der Waals surface area contributed by atoms with E-state index in [0.717, 1.165) is 6.07 Å². The SMILES string of the molecule is COCCNCC(=O)NCc1ccc(OC)cc1C(F)(F)F. The fraction of sp³-hybridized carbons (Fsp3) is 0.500. The van der Waals surface area contributed by atoms with Crippen LogP contribution in [0.5, 0.6) is 5.75 Å². The molecular weight excluding hydrogens is 301 g/mol. The molecule has 0 unspecified atom stereocenters. The number of amides is 1. The zero-order valence-corrected chi connectivity index (χ0v) is 12.4. The van der Waals surface area contributed by atoms with Crippen LogP contribution in [0.2, 0.25) is 0 Å². The van der Waals surface area contributed by atoms with E-state index in [4.69, 9.17) is 9.47 Å². The summed E-state index contributed by atoms with van der Waals surface area (Å²) < 4.78 is 48.5. The van der Waals surface area contributed by atoms with Crippen molar-refractivity contribution < 1.29 is 27.4 Å². The highest BCUT2D eigenvalue weighted by molar-refractivity contribution is 5.78. The first-order valence-corrected chi connectivity index (χ1v) is 6.59. The summed E-state index contributed by atoms with van der Waals surface area (Å²) in [7, 11) is 2.83. The maximum atomic E-state index is 13.0. The van der Waals surface area contributed by atoms with Gasteiger partial charge in [-0.3, -0.25) is 4.79 Å². The molecule has 0 aliphatic carbocycles. The van der Waals surface area contributed by atoms with Crippen molar-refractivity contribution in [3.63, 3.8) is 0 Å². The highest BCUT2D eigenvalue weighted by Gasteiger charge is 2.33. The molecule has 0 fully saturated rings. The standard InChI is InChI=1S/C14H19F3N2O3/c1-21-6-5-18-9-13(20)19-8-10-3-4-11(22-2)7-12(10)14(15,16)17/h3-4,7,18H,5-6,8-9H2,1-2H3,(H,19,20). The number of carbonyl (C=O) groups excluding carboxylic acids is 1. The van der Waals surface area contributed by atoms with Gasteiger partial charge in [-0.1, -0.05) is 6.07 Å². The molecule has 1 amide bonds. The molecule has 0 atom stereocenters. The van der Waals surface area contributed by atoms with Crippen LogP contribution in [0.1, 0.15) is 11.1 Å². The summed E-state index contributed by atoms with van der Waals surface area (Å²) in [5.74, 6) is -0.274. The van der Waals surface area contributed by atoms with Crippen LogP contribution in [0.4, 0.5) is 13.2 Å². The number of ether oxygens (including phenoxy) is 2. The number of nitrogens with one attached hydrogen (secondary N) is 2. The Hall–Kier alpha value is -1.80. The maximum Gasteiger partial charge on any atom is 0.416 e. The van der Waals surface area contributed by atoms with E-state index in [0.29, 0.717) is 13.2 Å². The molecule has 0 saturated carbocycles. The minimum absolute atomic E-state index is 0.0147. The maximum absolute atomic E-state index is 13.0. The van der Waals surface area contributed by atoms with Crippen LogP contribution < -0.4 is 15.4 Å². The first kappa shape index (κ1) is 18.2. The van der Waals surface area contributed by atoms with Crippen molar-refractivity contribution in [2.45, 2.75) is 12.7 Å². The zero-order valence-electron chi connectivity index (χ0n) is 12.4. The van der Waals surface area contributed by atoms with Crippen molar-refractivity contribution in [1.29, 1.82) is 0 Å². The van der Waals surface area contributed by atoms with Crippen LogP contribution in [-0.2, 0) is 22.3 Å². The topological polar surface area (TPSA) is 59.6 Å². The molecule has 8 heteroatoms. The lowest BCUT2D eigenvalue weighted by atomic mass is 10.1. The normalized spacial score (nSPS) is 11.3. The van der Waals surface area contributed by atoms with Crippen molar-refractivity contribution in [3.05, 3.63) is 29.3 Å². The molecule has 0 heterocycles. The fourth-order valence-electron chi connectivity index (χ4n) is 1.73. The van der Waals surface area contributed by atoms with Gasteiger partial charge in [-0.15, -0.1) is 0 Å². The molecule has 124 valence electrons. The van der Waals surface area contributed by atoms with Crippen molar-refractivity contribution in [1.82, 2.24) is 10.6 Å². The predicted molar refractivity (Wildman–Crippen MR) is 74.6 cm³/mol. The Labute approximate surface area is 126 Å². The average Bonchev–Trinajstić information content (AvgIpc) is 2.48. The molecule has 0 bridgehead atoms. The molecule has 0 spiro atoms. The lowest BCUT2D eigenvalue weighted by Gasteiger charge is -2.15. The van der Waals surface area contributed by atoms with Gasteiger partial charge in [0.05, 0.1) is 25.8 Å². The quantitative estimate of drug-likeness (QED) is 0.714. The summed E-state index contributed by atoms with van der Waals surface area (Å²) in [6.45, 7) is 0.745. The zero-order chi connectivity index (χ0) is 16.6. The number of rotatable bonds is 8. The first-order valence-electron chi connectivity index (χ1n) is 6.59. The Kier molecular flexibility index (Phi) is 7.13. The second-order valence-corrected chi connectivity index (χ2v) is 4.47. The van der Waals surface area contributed by atoms with Crippen LogP contribution in [-0.4, -0.2) is 39.8 Å². The van der Waals surface area contributed by atoms with Gasteiger partial charge in [-0.05, 0) is 17.7 Å². The van der Waals surface area contributed by atoms with Gasteiger partial charge in [0.1, 0.15) is 5.75 Å². The van der Waals surface area contributed by atoms with Gasteiger partial charge in [0, 0.05) is 20.2 Å². The molecule has 0 aliphatic rings. The monoisotopic (exact) mass is 320 g/mol. The summed E-state index contributed by atoms with van der Waals surface area (Å²) in [6, 6.07) is 3.63. The van der Waals surface area contributed by atoms with Crippen molar-refractivity contribution in [2.24, 2.45) is 0 Å². The molecule has 0 saturated heterocycles. The van der Waals surface area contributed by atoms with Gasteiger partial charge >= 0.3 is 6.18 Å². The van der Waals surface area contributed by atoms with Crippen LogP contribution in [0.3, 0.4) is 0 Å². The lowest BCUT2D eigenvalue weighted by molar-refractivity contribution is -0.138. The molecule has 22 heavy (non-hydrogen) atoms. The Balaban J connectivity index is 2.63. The molecule has 0 radical (unpaired) electrons. The summed E-state index contributed by atoms with van der Waals surface area (Å²) in [5, 5.41) is 5.25. The van der Waals surface area contributed by atoms with Gasteiger partial charge in [-0.2, -0.15) is 13.2 Å². The van der Waals surface area contributed by atoms with Crippen LogP contribution >= 0.6 is 0 Å². The van der Waals surface area contributed by atoms with Gasteiger partial charge in [0.15, 0.2) is 0 Å². The highest BCUT2D eigenvalue weighted by atomic mass is 19.4. The Morgan fingerprint density at radius 1 is 1.27 bits per heavy atom. The highest BCUT2D eigenvalue weighted by Crippen LogP contribution is 2.34. The van der Waals surface area contributed by atoms with Gasteiger partial charge in [-0.25, -0.2) is 0 Å². The van der Waals surface area contributed by atoms with E-state index in [-0.39, 0.29) is 30.3 Å². The van der Waals surface area contributed by atoms with Gasteiger partial charge < -0.3 is 20.1 Å². The minimum Gasteiger partial charge on any atom is -0.497 e. The predicted octanol–water partition coefficient (Wildman–Crippen LogP) is 1.57. The molecule has 1 aromatic rings. The molecule has 0 aromatic heterocycles. The van der Waals surface area contributed by atoms with E-state index in [2.05, 4.69) is 10.6 Å². The second-order valence-electron chi connectivity index (χ2n) is 4.47. The van der Waals surface area contributed by atoms with Crippen LogP contribution in [0.15, 0.2) is 18.2 Å². The Bertz CT molecular complexity index is 493. The molecule has 1 aromatic carbocycles. The number of methoxy groups -OCH3 is 2. The smallest absolute Gasteiger partial charge is 0.416 e. The lowest BCUT2D eigenvalue weighted by Crippen LogP contribution is -2.35. The number of alkyl halides is 3. The summed E-state index contributed by atoms with van der Waals surface area (Å²) in [6.07, 6.45) is -4.51. The number of carbonyl (C=O) groups is 1. The molecule has 2 N–H and O–H groups in total. The fourth-order valence-corrected chi connectivity index (χ4v) is 1.73. The van der Waals surface area contributed by atoms with Gasteiger partial charge in [0.25, 0.3) is 0 Å². The number of benzene rings is 1. The number of hydrogen-bond acceptors (Lipinski definition) is 4. The van der Waals surface area contributed by atoms with E-state index in [9.17, 15) is 18.0 Å². The summed E-state index contributed by atoms with van der Waals surface area (Å²) in [5.41, 5.74) is -0.835. The van der Waals surface area contributed by atoms with E-state index >= 15 is 0 Å². The van der Waals surface area contributed by atoms with E-state index < -0.39 is 11.7 Å². The van der Waals surface area contributed by atoms with E-state index in [1.807, 2.05) is 0 Å². The van der Waals surface area contributed by atoms with Crippen molar-refractivity contribution in [3.8, 4) is 5.75 Å². The summed E-state index contributed by atoms with van der Waals surface area (Å²) in [4.78, 5) is 11.5. The van der Waals surface area contributed by atoms with E-state index in [1.54, 1.807) is 0 Å². The molecule has 1 rings (SSSR count). The first-order chi connectivity index (χ1) is 10.4. The van der Waals surface area contributed by atoms with Crippen LogP contribution in [0.25, 0.3) is 0 Å². The third-order valence-corrected chi connectivity index (χ3v) is 2.87. The minimum atomic E-state index is -4.51. The number of halogens is 3. The summed E-state index contributed by atoms with van der Waals surface area (Å²) >= 11 is 0. The van der Waals surface area contributed by atoms with Crippen LogP contribution in [0, 0.1) is 0 Å². The second kappa shape index (κ2) is 8.60. The molecule has 5 nitrogen and oxygen atoms in total. The van der Waals surface area contributed by atoms with Gasteiger partial charge in [0.2, 0.25) is 5.91 Å². The van der Waals surface area contributed by atoms with Crippen molar-refractivity contribution in [2.75, 3.05) is 33.9 Å². The van der Waals surface area contributed by atoms with E-state index in [1.165, 1.54) is 26.4 Å². The molecular formula is C14H19F3N2O3. The number of hydrogen-bond donors (Lipinski definition) is 2. The third-order valence-electron chi connectivity index (χ3n) is 2.87. The largest absolute Gasteiger partial charge is 0.497 e. The Morgan fingerprint density at radius 3 is 2.59 bits per heavy atom. The third kappa shape index (κ3) is 5.90. The Morgan fingerprint density at radius 2 is 2.00 bits per heavy atom.